The number of ether oxygens (including phenoxy) is 1. The quantitative estimate of drug-likeness (QED) is 0.786. The second kappa shape index (κ2) is 6.83. The molecule has 0 aliphatic rings. The maximum atomic E-state index is 12.2. The molecule has 1 aromatic carbocycles. The molecule has 0 heterocycles. The maximum absolute atomic E-state index is 12.2. The summed E-state index contributed by atoms with van der Waals surface area (Å²) < 4.78 is 31.7. The van der Waals surface area contributed by atoms with E-state index in [9.17, 15) is 13.2 Å². The largest absolute Gasteiger partial charge is 0.481 e. The fourth-order valence-corrected chi connectivity index (χ4v) is 3.10. The molecular weight excluding hydrogens is 282 g/mol. The lowest BCUT2D eigenvalue weighted by molar-refractivity contribution is -0.139. The average molecular weight is 301 g/mol. The minimum Gasteiger partial charge on any atom is -0.481 e. The van der Waals surface area contributed by atoms with Gasteiger partial charge in [-0.1, -0.05) is 12.1 Å². The lowest BCUT2D eigenvalue weighted by Gasteiger charge is -2.15. The van der Waals surface area contributed by atoms with Crippen LogP contribution in [0.2, 0.25) is 0 Å². The molecule has 0 saturated carbocycles. The first kappa shape index (κ1) is 16.6. The molecule has 0 bridgehead atoms. The molecule has 1 unspecified atom stereocenters. The summed E-state index contributed by atoms with van der Waals surface area (Å²) in [6.45, 7) is 3.43. The van der Waals surface area contributed by atoms with Crippen LogP contribution in [0.3, 0.4) is 0 Å². The van der Waals surface area contributed by atoms with E-state index in [2.05, 4.69) is 4.72 Å². The predicted octanol–water partition coefficient (Wildman–Crippen LogP) is 1.07. The monoisotopic (exact) mass is 301 g/mol. The SMILES string of the molecule is COC(CNS(=O)(=O)c1cc(C)ccc1C)CC(=O)O. The second-order valence-electron chi connectivity index (χ2n) is 4.58. The van der Waals surface area contributed by atoms with Gasteiger partial charge in [-0.05, 0) is 31.0 Å². The van der Waals surface area contributed by atoms with E-state index < -0.39 is 22.1 Å². The molecule has 0 aliphatic carbocycles. The highest BCUT2D eigenvalue weighted by atomic mass is 32.2. The van der Waals surface area contributed by atoms with Crippen molar-refractivity contribution < 1.29 is 23.1 Å². The molecule has 112 valence electrons. The van der Waals surface area contributed by atoms with Crippen LogP contribution in [0.1, 0.15) is 17.5 Å². The number of carbonyl (C=O) groups is 1. The number of nitrogens with one attached hydrogen (secondary N) is 1. The Morgan fingerprint density at radius 2 is 2.05 bits per heavy atom. The molecule has 0 aromatic heterocycles. The Morgan fingerprint density at radius 3 is 2.60 bits per heavy atom. The number of carboxylic acids is 1. The molecule has 2 N–H and O–H groups in total. The van der Waals surface area contributed by atoms with E-state index >= 15 is 0 Å². The minimum atomic E-state index is -3.68. The van der Waals surface area contributed by atoms with Crippen molar-refractivity contribution in [3.05, 3.63) is 29.3 Å². The number of sulfonamides is 1. The molecule has 20 heavy (non-hydrogen) atoms. The molecule has 0 amide bonds. The number of methoxy groups -OCH3 is 1. The summed E-state index contributed by atoms with van der Waals surface area (Å²) in [6.07, 6.45) is -0.960. The van der Waals surface area contributed by atoms with E-state index in [1.165, 1.54) is 7.11 Å². The summed E-state index contributed by atoms with van der Waals surface area (Å²) in [6, 6.07) is 5.14. The number of benzene rings is 1. The van der Waals surface area contributed by atoms with Gasteiger partial charge in [-0.25, -0.2) is 13.1 Å². The van der Waals surface area contributed by atoms with Crippen molar-refractivity contribution in [2.24, 2.45) is 0 Å². The van der Waals surface area contributed by atoms with Crippen LogP contribution < -0.4 is 4.72 Å². The summed E-state index contributed by atoms with van der Waals surface area (Å²) in [5.74, 6) is -1.04. The molecule has 1 rings (SSSR count). The van der Waals surface area contributed by atoms with E-state index in [4.69, 9.17) is 9.84 Å². The highest BCUT2D eigenvalue weighted by Gasteiger charge is 2.20. The molecule has 6 nitrogen and oxygen atoms in total. The summed E-state index contributed by atoms with van der Waals surface area (Å²) in [7, 11) is -2.33. The van der Waals surface area contributed by atoms with Crippen LogP contribution >= 0.6 is 0 Å². The van der Waals surface area contributed by atoms with Gasteiger partial charge in [0.2, 0.25) is 10.0 Å². The van der Waals surface area contributed by atoms with Crippen molar-refractivity contribution in [1.82, 2.24) is 4.72 Å². The van der Waals surface area contributed by atoms with Crippen LogP contribution in [-0.4, -0.2) is 39.3 Å². The van der Waals surface area contributed by atoms with Gasteiger partial charge in [0.15, 0.2) is 0 Å². The number of aryl methyl sites for hydroxylation is 2. The van der Waals surface area contributed by atoms with Crippen molar-refractivity contribution in [2.75, 3.05) is 13.7 Å². The molecule has 1 atom stereocenters. The van der Waals surface area contributed by atoms with E-state index in [0.29, 0.717) is 5.56 Å². The normalized spacial score (nSPS) is 13.2. The number of hydrogen-bond acceptors (Lipinski definition) is 4. The summed E-state index contributed by atoms with van der Waals surface area (Å²) in [5, 5.41) is 8.68. The molecular formula is C13H19NO5S. The lowest BCUT2D eigenvalue weighted by atomic mass is 10.2. The third-order valence-corrected chi connectivity index (χ3v) is 4.44. The Morgan fingerprint density at radius 1 is 1.40 bits per heavy atom. The number of hydrogen-bond donors (Lipinski definition) is 2. The lowest BCUT2D eigenvalue weighted by Crippen LogP contribution is -2.34. The Hall–Kier alpha value is -1.44. The fraction of sp³-hybridized carbons (Fsp3) is 0.462. The first-order chi connectivity index (χ1) is 9.26. The van der Waals surface area contributed by atoms with Crippen molar-refractivity contribution in [3.8, 4) is 0 Å². The van der Waals surface area contributed by atoms with Crippen molar-refractivity contribution in [2.45, 2.75) is 31.3 Å². The molecule has 0 saturated heterocycles. The summed E-state index contributed by atoms with van der Waals surface area (Å²) in [4.78, 5) is 10.8. The molecule has 1 aromatic rings. The molecule has 7 heteroatoms. The summed E-state index contributed by atoms with van der Waals surface area (Å²) in [5.41, 5.74) is 1.47. The number of rotatable bonds is 7. The van der Waals surface area contributed by atoms with Crippen LogP contribution in [0, 0.1) is 13.8 Å². The highest BCUT2D eigenvalue weighted by molar-refractivity contribution is 7.89. The van der Waals surface area contributed by atoms with Crippen LogP contribution in [-0.2, 0) is 19.6 Å². The third-order valence-electron chi connectivity index (χ3n) is 2.87. The zero-order chi connectivity index (χ0) is 15.3. The van der Waals surface area contributed by atoms with Crippen LogP contribution in [0.25, 0.3) is 0 Å². The van der Waals surface area contributed by atoms with E-state index in [1.54, 1.807) is 26.0 Å². The van der Waals surface area contributed by atoms with Gasteiger partial charge in [0.1, 0.15) is 0 Å². The summed E-state index contributed by atoms with van der Waals surface area (Å²) >= 11 is 0. The zero-order valence-electron chi connectivity index (χ0n) is 11.7. The van der Waals surface area contributed by atoms with Crippen LogP contribution in [0.15, 0.2) is 23.1 Å². The van der Waals surface area contributed by atoms with E-state index in [1.807, 2.05) is 6.07 Å². The van der Waals surface area contributed by atoms with Crippen molar-refractivity contribution >= 4 is 16.0 Å². The Bertz CT molecular complexity index is 582. The first-order valence-corrected chi connectivity index (χ1v) is 7.56. The van der Waals surface area contributed by atoms with Gasteiger partial charge in [0, 0.05) is 13.7 Å². The second-order valence-corrected chi connectivity index (χ2v) is 6.31. The van der Waals surface area contributed by atoms with Gasteiger partial charge in [-0.3, -0.25) is 4.79 Å². The maximum Gasteiger partial charge on any atom is 0.306 e. The van der Waals surface area contributed by atoms with E-state index in [0.717, 1.165) is 5.56 Å². The first-order valence-electron chi connectivity index (χ1n) is 6.07. The van der Waals surface area contributed by atoms with Gasteiger partial charge in [0.25, 0.3) is 0 Å². The third kappa shape index (κ3) is 4.59. The standard InChI is InChI=1S/C13H19NO5S/c1-9-4-5-10(2)12(6-9)20(17,18)14-8-11(19-3)7-13(15)16/h4-6,11,14H,7-8H2,1-3H3,(H,15,16). The van der Waals surface area contributed by atoms with Gasteiger partial charge < -0.3 is 9.84 Å². The highest BCUT2D eigenvalue weighted by Crippen LogP contribution is 2.16. The predicted molar refractivity (Wildman–Crippen MR) is 74.2 cm³/mol. The average Bonchev–Trinajstić information content (AvgIpc) is 2.36. The number of aliphatic carboxylic acids is 1. The van der Waals surface area contributed by atoms with Gasteiger partial charge in [0.05, 0.1) is 17.4 Å². The Kier molecular flexibility index (Phi) is 5.67. The Balaban J connectivity index is 2.84. The Labute approximate surface area is 118 Å². The van der Waals surface area contributed by atoms with Gasteiger partial charge in [-0.15, -0.1) is 0 Å². The van der Waals surface area contributed by atoms with Crippen molar-refractivity contribution in [3.63, 3.8) is 0 Å². The van der Waals surface area contributed by atoms with E-state index in [-0.39, 0.29) is 17.9 Å². The van der Waals surface area contributed by atoms with Crippen LogP contribution in [0.4, 0.5) is 0 Å². The topological polar surface area (TPSA) is 92.7 Å². The van der Waals surface area contributed by atoms with Crippen LogP contribution in [0.5, 0.6) is 0 Å². The molecule has 0 aliphatic heterocycles. The minimum absolute atomic E-state index is 0.0848. The molecule has 0 spiro atoms. The fourth-order valence-electron chi connectivity index (χ4n) is 1.71. The smallest absolute Gasteiger partial charge is 0.306 e. The van der Waals surface area contributed by atoms with Gasteiger partial charge >= 0.3 is 5.97 Å². The zero-order valence-corrected chi connectivity index (χ0v) is 12.5. The molecule has 0 fully saturated rings. The molecule has 0 radical (unpaired) electrons. The number of carboxylic acid groups (broad SMARTS) is 1. The van der Waals surface area contributed by atoms with Gasteiger partial charge in [-0.2, -0.15) is 0 Å². The van der Waals surface area contributed by atoms with Crippen molar-refractivity contribution in [1.29, 1.82) is 0 Å².